The zero-order valence-electron chi connectivity index (χ0n) is 32.1. The summed E-state index contributed by atoms with van der Waals surface area (Å²) in [4.78, 5) is 2.45. The van der Waals surface area contributed by atoms with Crippen molar-refractivity contribution in [2.24, 2.45) is 0 Å². The minimum atomic E-state index is -0.109. The van der Waals surface area contributed by atoms with Gasteiger partial charge in [-0.1, -0.05) is 149 Å². The third-order valence-electron chi connectivity index (χ3n) is 12.7. The van der Waals surface area contributed by atoms with E-state index in [1.165, 1.54) is 61.3 Å². The molecule has 0 aliphatic heterocycles. The van der Waals surface area contributed by atoms with Crippen LogP contribution >= 0.6 is 0 Å². The maximum atomic E-state index is 6.32. The first-order valence-electron chi connectivity index (χ1n) is 19.7. The fraction of sp³-hybridized carbons (Fsp3) is 0.111. The van der Waals surface area contributed by atoms with Crippen LogP contribution in [-0.2, 0) is 10.8 Å². The van der Waals surface area contributed by atoms with Crippen LogP contribution in [0.1, 0.15) is 49.9 Å². The smallest absolute Gasteiger partial charge is 0.136 e. The normalized spacial score (nSPS) is 14.4. The van der Waals surface area contributed by atoms with E-state index in [4.69, 9.17) is 4.42 Å². The van der Waals surface area contributed by atoms with Gasteiger partial charge in [0.1, 0.15) is 11.2 Å². The van der Waals surface area contributed by atoms with Crippen LogP contribution in [0.5, 0.6) is 0 Å². The molecule has 0 bridgehead atoms. The number of furan rings is 1. The predicted octanol–water partition coefficient (Wildman–Crippen LogP) is 15.0. The van der Waals surface area contributed by atoms with E-state index in [2.05, 4.69) is 196 Å². The minimum absolute atomic E-state index is 0.0453. The van der Waals surface area contributed by atoms with Crippen LogP contribution in [0.2, 0.25) is 0 Å². The number of rotatable bonds is 5. The van der Waals surface area contributed by atoms with Crippen LogP contribution in [0.25, 0.3) is 66.4 Å². The first kappa shape index (κ1) is 32.8. The van der Waals surface area contributed by atoms with Gasteiger partial charge in [-0.3, -0.25) is 0 Å². The third kappa shape index (κ3) is 4.75. The summed E-state index contributed by atoms with van der Waals surface area (Å²) in [5.41, 5.74) is 20.6. The lowest BCUT2D eigenvalue weighted by atomic mass is 9.81. The Bertz CT molecular complexity index is 3030. The second kappa shape index (κ2) is 11.9. The van der Waals surface area contributed by atoms with Crippen molar-refractivity contribution in [1.29, 1.82) is 0 Å². The van der Waals surface area contributed by atoms with Crippen LogP contribution in [0, 0.1) is 0 Å². The van der Waals surface area contributed by atoms with E-state index in [1.807, 2.05) is 12.1 Å². The van der Waals surface area contributed by atoms with Crippen molar-refractivity contribution >= 4 is 39.0 Å². The lowest BCUT2D eigenvalue weighted by Gasteiger charge is -2.29. The topological polar surface area (TPSA) is 16.4 Å². The fourth-order valence-electron chi connectivity index (χ4n) is 9.77. The molecule has 0 unspecified atom stereocenters. The summed E-state index contributed by atoms with van der Waals surface area (Å²) in [5, 5.41) is 2.28. The Morgan fingerprint density at radius 1 is 0.375 bits per heavy atom. The number of anilines is 3. The van der Waals surface area contributed by atoms with E-state index >= 15 is 0 Å². The van der Waals surface area contributed by atoms with Crippen LogP contribution < -0.4 is 4.90 Å². The van der Waals surface area contributed by atoms with Crippen LogP contribution in [0.15, 0.2) is 180 Å². The molecule has 0 spiro atoms. The lowest BCUT2D eigenvalue weighted by Crippen LogP contribution is -2.16. The second-order valence-corrected chi connectivity index (χ2v) is 16.5. The summed E-state index contributed by atoms with van der Waals surface area (Å²) < 4.78 is 6.32. The Morgan fingerprint density at radius 3 is 1.80 bits per heavy atom. The van der Waals surface area contributed by atoms with Gasteiger partial charge in [0.05, 0.1) is 5.69 Å². The van der Waals surface area contributed by atoms with Crippen LogP contribution in [0.4, 0.5) is 17.1 Å². The number of fused-ring (bicyclic) bond motifs is 9. The molecule has 0 fully saturated rings. The van der Waals surface area contributed by atoms with Crippen molar-refractivity contribution in [1.82, 2.24) is 0 Å². The minimum Gasteiger partial charge on any atom is -0.456 e. The molecule has 0 atom stereocenters. The maximum Gasteiger partial charge on any atom is 0.136 e. The van der Waals surface area contributed by atoms with Crippen molar-refractivity contribution in [2.75, 3.05) is 4.90 Å². The highest BCUT2D eigenvalue weighted by Gasteiger charge is 2.38. The molecule has 268 valence electrons. The van der Waals surface area contributed by atoms with E-state index in [0.717, 1.165) is 44.4 Å². The Kier molecular flexibility index (Phi) is 6.98. The Morgan fingerprint density at radius 2 is 0.964 bits per heavy atom. The Labute approximate surface area is 328 Å². The molecule has 0 saturated heterocycles. The Hall–Kier alpha value is -6.64. The maximum absolute atomic E-state index is 6.32. The van der Waals surface area contributed by atoms with E-state index in [0.29, 0.717) is 0 Å². The van der Waals surface area contributed by atoms with Crippen molar-refractivity contribution in [2.45, 2.75) is 38.5 Å². The summed E-state index contributed by atoms with van der Waals surface area (Å²) in [7, 11) is 0. The van der Waals surface area contributed by atoms with Gasteiger partial charge in [0.15, 0.2) is 0 Å². The molecular weight excluding hydrogens is 679 g/mol. The molecule has 9 aromatic rings. The second-order valence-electron chi connectivity index (χ2n) is 16.5. The standard InChI is InChI=1S/C54H41NO/c1-53(2)46-19-9-6-17-44(46)52-47(53)20-12-21-49(52)55(39-14-11-13-35(31-39)37-26-30-43-42-16-7-10-22-50(42)56-51(43)33-37)38-27-23-34(24-28-38)36-25-29-41-40-15-5-8-18-45(40)54(3,4)48(41)32-36/h5-33H,1-4H3. The lowest BCUT2D eigenvalue weighted by molar-refractivity contribution is 0.660. The molecule has 0 saturated carbocycles. The van der Waals surface area contributed by atoms with Gasteiger partial charge < -0.3 is 9.32 Å². The summed E-state index contributed by atoms with van der Waals surface area (Å²) in [5.74, 6) is 0. The van der Waals surface area contributed by atoms with Gasteiger partial charge in [0.2, 0.25) is 0 Å². The molecule has 1 heterocycles. The van der Waals surface area contributed by atoms with E-state index in [-0.39, 0.29) is 10.8 Å². The summed E-state index contributed by atoms with van der Waals surface area (Å²) in [6.45, 7) is 9.41. The molecule has 0 N–H and O–H groups in total. The molecule has 0 radical (unpaired) electrons. The zero-order valence-corrected chi connectivity index (χ0v) is 32.1. The van der Waals surface area contributed by atoms with Gasteiger partial charge in [-0.25, -0.2) is 0 Å². The molecule has 2 aliphatic rings. The van der Waals surface area contributed by atoms with Crippen molar-refractivity contribution in [3.05, 3.63) is 198 Å². The monoisotopic (exact) mass is 719 g/mol. The van der Waals surface area contributed by atoms with Gasteiger partial charge in [-0.05, 0) is 116 Å². The average molecular weight is 720 g/mol. The average Bonchev–Trinajstić information content (AvgIpc) is 3.81. The first-order chi connectivity index (χ1) is 27.3. The van der Waals surface area contributed by atoms with E-state index < -0.39 is 0 Å². The summed E-state index contributed by atoms with van der Waals surface area (Å²) in [6.07, 6.45) is 0. The molecule has 2 nitrogen and oxygen atoms in total. The number of hydrogen-bond acceptors (Lipinski definition) is 2. The fourth-order valence-corrected chi connectivity index (χ4v) is 9.77. The van der Waals surface area contributed by atoms with Gasteiger partial charge >= 0.3 is 0 Å². The number of nitrogens with zero attached hydrogens (tertiary/aromatic N) is 1. The highest BCUT2D eigenvalue weighted by atomic mass is 16.3. The van der Waals surface area contributed by atoms with Gasteiger partial charge in [-0.15, -0.1) is 0 Å². The summed E-state index contributed by atoms with van der Waals surface area (Å²) >= 11 is 0. The molecule has 2 heteroatoms. The van der Waals surface area contributed by atoms with Crippen LogP contribution in [0.3, 0.4) is 0 Å². The highest BCUT2D eigenvalue weighted by Crippen LogP contribution is 2.55. The number of benzene rings is 8. The molecule has 11 rings (SSSR count). The predicted molar refractivity (Wildman–Crippen MR) is 234 cm³/mol. The third-order valence-corrected chi connectivity index (χ3v) is 12.7. The molecular formula is C54H41NO. The van der Waals surface area contributed by atoms with Crippen LogP contribution in [-0.4, -0.2) is 0 Å². The van der Waals surface area contributed by atoms with Crippen molar-refractivity contribution in [3.8, 4) is 44.5 Å². The summed E-state index contributed by atoms with van der Waals surface area (Å²) in [6, 6.07) is 64.6. The molecule has 1 aromatic heterocycles. The van der Waals surface area contributed by atoms with Gasteiger partial charge in [0, 0.05) is 38.5 Å². The molecule has 56 heavy (non-hydrogen) atoms. The largest absolute Gasteiger partial charge is 0.456 e. The highest BCUT2D eigenvalue weighted by molar-refractivity contribution is 6.06. The Balaban J connectivity index is 1.05. The molecule has 2 aliphatic carbocycles. The van der Waals surface area contributed by atoms with Crippen molar-refractivity contribution < 1.29 is 4.42 Å². The molecule has 8 aromatic carbocycles. The quantitative estimate of drug-likeness (QED) is 0.176. The number of para-hydroxylation sites is 1. The zero-order chi connectivity index (χ0) is 37.8. The van der Waals surface area contributed by atoms with E-state index in [9.17, 15) is 0 Å². The van der Waals surface area contributed by atoms with E-state index in [1.54, 1.807) is 0 Å². The van der Waals surface area contributed by atoms with Crippen molar-refractivity contribution in [3.63, 3.8) is 0 Å². The molecule has 0 amide bonds. The SMILES string of the molecule is CC1(C)c2ccccc2-c2ccc(-c3ccc(N(c4cccc(-c5ccc6c(c5)oc5ccccc56)c4)c4cccc5c4-c4ccccc4C5(C)C)cc3)cc21. The van der Waals surface area contributed by atoms with Gasteiger partial charge in [-0.2, -0.15) is 0 Å². The van der Waals surface area contributed by atoms with Gasteiger partial charge in [0.25, 0.3) is 0 Å². The number of hydrogen-bond donors (Lipinski definition) is 0. The first-order valence-corrected chi connectivity index (χ1v) is 19.7.